The topological polar surface area (TPSA) is 12.5 Å². The molecule has 24 heavy (non-hydrogen) atoms. The monoisotopic (exact) mass is 321 g/mol. The van der Waals surface area contributed by atoms with Gasteiger partial charge >= 0.3 is 0 Å². The number of fused-ring (bicyclic) bond motifs is 1. The van der Waals surface area contributed by atoms with Gasteiger partial charge in [0.1, 0.15) is 5.75 Å². The zero-order chi connectivity index (χ0) is 16.6. The minimum atomic E-state index is 0.823. The SMILES string of the molecule is CCCCCCOc1ccc(CN2CC=Cc3ccccc32)cc1. The summed E-state index contributed by atoms with van der Waals surface area (Å²) in [5, 5.41) is 0. The van der Waals surface area contributed by atoms with Crippen molar-refractivity contribution in [3.63, 3.8) is 0 Å². The van der Waals surface area contributed by atoms with Gasteiger partial charge in [-0.25, -0.2) is 0 Å². The van der Waals surface area contributed by atoms with Crippen LogP contribution in [-0.4, -0.2) is 13.2 Å². The van der Waals surface area contributed by atoms with Crippen LogP contribution in [0.2, 0.25) is 0 Å². The van der Waals surface area contributed by atoms with E-state index in [0.29, 0.717) is 0 Å². The Balaban J connectivity index is 1.54. The highest BCUT2D eigenvalue weighted by Gasteiger charge is 2.12. The third kappa shape index (κ3) is 4.41. The van der Waals surface area contributed by atoms with Gasteiger partial charge in [0.2, 0.25) is 0 Å². The molecule has 3 rings (SSSR count). The van der Waals surface area contributed by atoms with E-state index in [9.17, 15) is 0 Å². The molecule has 0 bridgehead atoms. The van der Waals surface area contributed by atoms with Gasteiger partial charge in [0.15, 0.2) is 0 Å². The van der Waals surface area contributed by atoms with E-state index in [4.69, 9.17) is 4.74 Å². The van der Waals surface area contributed by atoms with Gasteiger partial charge in [-0.15, -0.1) is 0 Å². The largest absolute Gasteiger partial charge is 0.494 e. The summed E-state index contributed by atoms with van der Waals surface area (Å²) in [6, 6.07) is 17.1. The number of rotatable bonds is 8. The predicted octanol–water partition coefficient (Wildman–Crippen LogP) is 5.68. The van der Waals surface area contributed by atoms with Crippen LogP contribution in [0.15, 0.2) is 54.6 Å². The average Bonchev–Trinajstić information content (AvgIpc) is 2.63. The second-order valence-corrected chi connectivity index (χ2v) is 6.39. The van der Waals surface area contributed by atoms with E-state index < -0.39 is 0 Å². The Hall–Kier alpha value is -2.22. The van der Waals surface area contributed by atoms with Crippen molar-refractivity contribution in [2.75, 3.05) is 18.1 Å². The molecule has 0 amide bonds. The Morgan fingerprint density at radius 3 is 2.62 bits per heavy atom. The molecule has 2 aromatic rings. The fourth-order valence-corrected chi connectivity index (χ4v) is 3.10. The van der Waals surface area contributed by atoms with Crippen LogP contribution < -0.4 is 9.64 Å². The van der Waals surface area contributed by atoms with E-state index in [1.54, 1.807) is 0 Å². The minimum Gasteiger partial charge on any atom is -0.494 e. The maximum absolute atomic E-state index is 5.83. The molecule has 0 atom stereocenters. The highest BCUT2D eigenvalue weighted by Crippen LogP contribution is 2.27. The Kier molecular flexibility index (Phi) is 5.95. The zero-order valence-electron chi connectivity index (χ0n) is 14.6. The first-order valence-corrected chi connectivity index (χ1v) is 9.09. The Morgan fingerprint density at radius 1 is 0.958 bits per heavy atom. The lowest BCUT2D eigenvalue weighted by Crippen LogP contribution is -2.25. The van der Waals surface area contributed by atoms with E-state index >= 15 is 0 Å². The summed E-state index contributed by atoms with van der Waals surface area (Å²) < 4.78 is 5.83. The van der Waals surface area contributed by atoms with E-state index in [0.717, 1.165) is 31.9 Å². The molecule has 126 valence electrons. The van der Waals surface area contributed by atoms with Crippen LogP contribution in [0.4, 0.5) is 5.69 Å². The maximum Gasteiger partial charge on any atom is 0.119 e. The van der Waals surface area contributed by atoms with Crippen molar-refractivity contribution in [2.45, 2.75) is 39.2 Å². The number of ether oxygens (including phenoxy) is 1. The van der Waals surface area contributed by atoms with Crippen LogP contribution in [0.25, 0.3) is 6.08 Å². The van der Waals surface area contributed by atoms with Crippen molar-refractivity contribution in [1.82, 2.24) is 0 Å². The van der Waals surface area contributed by atoms with Crippen LogP contribution in [0, 0.1) is 0 Å². The first-order chi connectivity index (χ1) is 11.9. The Morgan fingerprint density at radius 2 is 1.79 bits per heavy atom. The molecule has 1 heterocycles. The van der Waals surface area contributed by atoms with Crippen molar-refractivity contribution >= 4 is 11.8 Å². The van der Waals surface area contributed by atoms with Gasteiger partial charge in [-0.2, -0.15) is 0 Å². The van der Waals surface area contributed by atoms with Crippen LogP contribution in [-0.2, 0) is 6.54 Å². The first-order valence-electron chi connectivity index (χ1n) is 9.09. The van der Waals surface area contributed by atoms with Gasteiger partial charge in [-0.05, 0) is 35.7 Å². The highest BCUT2D eigenvalue weighted by atomic mass is 16.5. The molecule has 0 radical (unpaired) electrons. The van der Waals surface area contributed by atoms with Gasteiger partial charge in [0.25, 0.3) is 0 Å². The molecule has 0 saturated heterocycles. The number of para-hydroxylation sites is 1. The van der Waals surface area contributed by atoms with Crippen LogP contribution in [0.3, 0.4) is 0 Å². The summed E-state index contributed by atoms with van der Waals surface area (Å²) in [7, 11) is 0. The smallest absolute Gasteiger partial charge is 0.119 e. The molecule has 2 aromatic carbocycles. The summed E-state index contributed by atoms with van der Waals surface area (Å²) in [6.45, 7) is 4.95. The van der Waals surface area contributed by atoms with Crippen LogP contribution in [0.1, 0.15) is 43.7 Å². The lowest BCUT2D eigenvalue weighted by molar-refractivity contribution is 0.305. The predicted molar refractivity (Wildman–Crippen MR) is 103 cm³/mol. The van der Waals surface area contributed by atoms with Gasteiger partial charge in [0, 0.05) is 18.8 Å². The normalized spacial score (nSPS) is 13.0. The summed E-state index contributed by atoms with van der Waals surface area (Å²) in [5.74, 6) is 0.981. The molecule has 2 nitrogen and oxygen atoms in total. The molecule has 0 aliphatic carbocycles. The molecule has 0 unspecified atom stereocenters. The standard InChI is InChI=1S/C22H27NO/c1-2-3-4-7-17-24-21-14-12-19(13-15-21)18-23-16-8-10-20-9-5-6-11-22(20)23/h5-6,8-15H,2-4,7,16-18H2,1H3. The minimum absolute atomic E-state index is 0.823. The van der Waals surface area contributed by atoms with E-state index in [2.05, 4.69) is 72.5 Å². The second-order valence-electron chi connectivity index (χ2n) is 6.39. The molecular formula is C22H27NO. The van der Waals surface area contributed by atoms with Gasteiger partial charge in [0.05, 0.1) is 6.61 Å². The summed E-state index contributed by atoms with van der Waals surface area (Å²) >= 11 is 0. The number of anilines is 1. The Labute approximate surface area is 145 Å². The molecule has 0 fully saturated rings. The molecule has 0 aromatic heterocycles. The number of hydrogen-bond acceptors (Lipinski definition) is 2. The van der Waals surface area contributed by atoms with Gasteiger partial charge < -0.3 is 9.64 Å². The maximum atomic E-state index is 5.83. The van der Waals surface area contributed by atoms with Crippen molar-refractivity contribution in [1.29, 1.82) is 0 Å². The average molecular weight is 321 g/mol. The molecule has 0 saturated carbocycles. The third-order valence-electron chi connectivity index (χ3n) is 4.46. The van der Waals surface area contributed by atoms with Crippen LogP contribution >= 0.6 is 0 Å². The van der Waals surface area contributed by atoms with Gasteiger partial charge in [-0.3, -0.25) is 0 Å². The number of nitrogens with zero attached hydrogens (tertiary/aromatic N) is 1. The molecular weight excluding hydrogens is 294 g/mol. The van der Waals surface area contributed by atoms with E-state index in [1.165, 1.54) is 36.1 Å². The molecule has 0 spiro atoms. The molecule has 1 aliphatic rings. The second kappa shape index (κ2) is 8.58. The summed E-state index contributed by atoms with van der Waals surface area (Å²) in [6.07, 6.45) is 9.41. The lowest BCUT2D eigenvalue weighted by Gasteiger charge is -2.28. The lowest BCUT2D eigenvalue weighted by atomic mass is 10.1. The highest BCUT2D eigenvalue weighted by molar-refractivity contribution is 5.71. The third-order valence-corrected chi connectivity index (χ3v) is 4.46. The van der Waals surface area contributed by atoms with E-state index in [-0.39, 0.29) is 0 Å². The summed E-state index contributed by atoms with van der Waals surface area (Å²) in [4.78, 5) is 2.41. The Bertz CT molecular complexity index is 660. The zero-order valence-corrected chi connectivity index (χ0v) is 14.6. The van der Waals surface area contributed by atoms with Crippen molar-refractivity contribution in [2.24, 2.45) is 0 Å². The van der Waals surface area contributed by atoms with Crippen molar-refractivity contribution in [3.05, 3.63) is 65.7 Å². The summed E-state index contributed by atoms with van der Waals surface area (Å²) in [5.41, 5.74) is 3.94. The van der Waals surface area contributed by atoms with Crippen molar-refractivity contribution < 1.29 is 4.74 Å². The van der Waals surface area contributed by atoms with Crippen molar-refractivity contribution in [3.8, 4) is 5.75 Å². The first kappa shape index (κ1) is 16.6. The van der Waals surface area contributed by atoms with Gasteiger partial charge in [-0.1, -0.05) is 68.7 Å². The number of benzene rings is 2. The molecule has 2 heteroatoms. The fraction of sp³-hybridized carbons (Fsp3) is 0.364. The van der Waals surface area contributed by atoms with E-state index in [1.807, 2.05) is 0 Å². The number of hydrogen-bond donors (Lipinski definition) is 0. The molecule has 0 N–H and O–H groups in total. The number of unbranched alkanes of at least 4 members (excludes halogenated alkanes) is 3. The molecule has 1 aliphatic heterocycles. The van der Waals surface area contributed by atoms with Crippen LogP contribution in [0.5, 0.6) is 5.75 Å². The quantitative estimate of drug-likeness (QED) is 0.580. The fourth-order valence-electron chi connectivity index (χ4n) is 3.10.